The van der Waals surface area contributed by atoms with Gasteiger partial charge in [-0.3, -0.25) is 4.79 Å². The maximum atomic E-state index is 11.7. The highest BCUT2D eigenvalue weighted by molar-refractivity contribution is 5.74. The fourth-order valence-electron chi connectivity index (χ4n) is 1.98. The van der Waals surface area contributed by atoms with Crippen LogP contribution in [0.5, 0.6) is 0 Å². The van der Waals surface area contributed by atoms with Crippen LogP contribution in [0.4, 0.5) is 4.79 Å². The van der Waals surface area contributed by atoms with Gasteiger partial charge in [0.25, 0.3) is 0 Å². The summed E-state index contributed by atoms with van der Waals surface area (Å²) in [6.07, 6.45) is 1.79. The maximum Gasteiger partial charge on any atom is 0.317 e. The molecule has 0 aromatic carbocycles. The molecule has 0 radical (unpaired) electrons. The number of hydrogen-bond acceptors (Lipinski definition) is 2. The molecule has 0 bridgehead atoms. The van der Waals surface area contributed by atoms with E-state index in [9.17, 15) is 9.59 Å². The molecule has 5 heteroatoms. The van der Waals surface area contributed by atoms with E-state index in [2.05, 4.69) is 19.2 Å². The summed E-state index contributed by atoms with van der Waals surface area (Å²) in [6, 6.07) is -0.0171. The molecule has 1 saturated heterocycles. The molecule has 0 saturated carbocycles. The second-order valence-electron chi connectivity index (χ2n) is 5.11. The largest absolute Gasteiger partial charge is 0.481 e. The van der Waals surface area contributed by atoms with Gasteiger partial charge in [0, 0.05) is 26.1 Å². The Morgan fingerprint density at radius 3 is 2.76 bits per heavy atom. The molecule has 0 aromatic rings. The third-order valence-electron chi connectivity index (χ3n) is 3.00. The van der Waals surface area contributed by atoms with E-state index in [0.29, 0.717) is 31.3 Å². The summed E-state index contributed by atoms with van der Waals surface area (Å²) in [7, 11) is 0. The highest BCUT2D eigenvalue weighted by Crippen LogP contribution is 2.20. The lowest BCUT2D eigenvalue weighted by Gasteiger charge is -2.18. The zero-order valence-corrected chi connectivity index (χ0v) is 10.6. The summed E-state index contributed by atoms with van der Waals surface area (Å²) < 4.78 is 0. The number of aliphatic carboxylic acids is 1. The summed E-state index contributed by atoms with van der Waals surface area (Å²) in [5.74, 6) is 0.0352. The van der Waals surface area contributed by atoms with Gasteiger partial charge in [-0.1, -0.05) is 13.8 Å². The molecule has 5 nitrogen and oxygen atoms in total. The monoisotopic (exact) mass is 242 g/mol. The average molecular weight is 242 g/mol. The Hall–Kier alpha value is -1.26. The molecule has 1 unspecified atom stereocenters. The van der Waals surface area contributed by atoms with Crippen molar-refractivity contribution in [2.45, 2.75) is 33.1 Å². The van der Waals surface area contributed by atoms with Crippen molar-refractivity contribution in [1.82, 2.24) is 10.2 Å². The third-order valence-corrected chi connectivity index (χ3v) is 3.00. The molecule has 0 spiro atoms. The normalized spacial score (nSPS) is 19.7. The zero-order chi connectivity index (χ0) is 12.8. The number of likely N-dealkylation sites (tertiary alicyclic amines) is 1. The highest BCUT2D eigenvalue weighted by Gasteiger charge is 2.26. The molecule has 2 amide bonds. The lowest BCUT2D eigenvalue weighted by molar-refractivity contribution is -0.137. The standard InChI is InChI=1S/C12H22N2O3/c1-9(2)7-13-12(17)14-6-5-10(8-14)3-4-11(15)16/h9-10H,3-8H2,1-2H3,(H,13,17)(H,15,16). The van der Waals surface area contributed by atoms with E-state index in [0.717, 1.165) is 13.0 Å². The number of rotatable bonds is 5. The van der Waals surface area contributed by atoms with E-state index < -0.39 is 5.97 Å². The minimum absolute atomic E-state index is 0.0171. The molecule has 1 fully saturated rings. The fourth-order valence-corrected chi connectivity index (χ4v) is 1.98. The molecule has 1 aliphatic heterocycles. The van der Waals surface area contributed by atoms with Crippen LogP contribution in [0.3, 0.4) is 0 Å². The summed E-state index contributed by atoms with van der Waals surface area (Å²) in [6.45, 7) is 6.24. The molecule has 1 atom stereocenters. The number of nitrogens with one attached hydrogen (secondary N) is 1. The molecule has 98 valence electrons. The van der Waals surface area contributed by atoms with Crippen LogP contribution in [-0.2, 0) is 4.79 Å². The SMILES string of the molecule is CC(C)CNC(=O)N1CCC(CCC(=O)O)C1. The number of hydrogen-bond donors (Lipinski definition) is 2. The van der Waals surface area contributed by atoms with Crippen LogP contribution < -0.4 is 5.32 Å². The summed E-state index contributed by atoms with van der Waals surface area (Å²) in [4.78, 5) is 24.0. The summed E-state index contributed by atoms with van der Waals surface area (Å²) >= 11 is 0. The van der Waals surface area contributed by atoms with Crippen molar-refractivity contribution in [2.75, 3.05) is 19.6 Å². The van der Waals surface area contributed by atoms with Gasteiger partial charge in [0.05, 0.1) is 0 Å². The van der Waals surface area contributed by atoms with Gasteiger partial charge in [0.2, 0.25) is 0 Å². The number of nitrogens with zero attached hydrogens (tertiary/aromatic N) is 1. The molecule has 1 aliphatic rings. The molecule has 17 heavy (non-hydrogen) atoms. The van der Waals surface area contributed by atoms with Crippen LogP contribution in [-0.4, -0.2) is 41.6 Å². The van der Waals surface area contributed by atoms with Crippen molar-refractivity contribution < 1.29 is 14.7 Å². The Labute approximate surface area is 102 Å². The van der Waals surface area contributed by atoms with Gasteiger partial charge in [-0.25, -0.2) is 4.79 Å². The first-order valence-corrected chi connectivity index (χ1v) is 6.23. The predicted molar refractivity (Wildman–Crippen MR) is 64.8 cm³/mol. The van der Waals surface area contributed by atoms with Gasteiger partial charge in [-0.05, 0) is 24.7 Å². The Balaban J connectivity index is 2.24. The number of amides is 2. The second kappa shape index (κ2) is 6.47. The number of carboxylic acids is 1. The van der Waals surface area contributed by atoms with Gasteiger partial charge in [-0.2, -0.15) is 0 Å². The van der Waals surface area contributed by atoms with Gasteiger partial charge >= 0.3 is 12.0 Å². The lowest BCUT2D eigenvalue weighted by Crippen LogP contribution is -2.40. The van der Waals surface area contributed by atoms with Gasteiger partial charge in [-0.15, -0.1) is 0 Å². The Morgan fingerprint density at radius 2 is 2.18 bits per heavy atom. The summed E-state index contributed by atoms with van der Waals surface area (Å²) in [5, 5.41) is 11.5. The van der Waals surface area contributed by atoms with Gasteiger partial charge in [0.15, 0.2) is 0 Å². The number of urea groups is 1. The smallest absolute Gasteiger partial charge is 0.317 e. The van der Waals surface area contributed by atoms with Crippen molar-refractivity contribution in [2.24, 2.45) is 11.8 Å². The molecule has 1 rings (SSSR count). The first kappa shape index (κ1) is 13.8. The van der Waals surface area contributed by atoms with E-state index in [-0.39, 0.29) is 12.5 Å². The molecular weight excluding hydrogens is 220 g/mol. The minimum Gasteiger partial charge on any atom is -0.481 e. The van der Waals surface area contributed by atoms with Crippen molar-refractivity contribution in [3.05, 3.63) is 0 Å². The number of carbonyl (C=O) groups is 2. The maximum absolute atomic E-state index is 11.7. The minimum atomic E-state index is -0.757. The van der Waals surface area contributed by atoms with E-state index >= 15 is 0 Å². The molecule has 0 aliphatic carbocycles. The van der Waals surface area contributed by atoms with E-state index in [1.807, 2.05) is 0 Å². The number of carboxylic acid groups (broad SMARTS) is 1. The van der Waals surface area contributed by atoms with Crippen molar-refractivity contribution in [3.8, 4) is 0 Å². The van der Waals surface area contributed by atoms with Crippen LogP contribution in [0.25, 0.3) is 0 Å². The molecular formula is C12H22N2O3. The Kier molecular flexibility index (Phi) is 5.25. The lowest BCUT2D eigenvalue weighted by atomic mass is 10.0. The van der Waals surface area contributed by atoms with Crippen LogP contribution >= 0.6 is 0 Å². The van der Waals surface area contributed by atoms with Crippen molar-refractivity contribution in [1.29, 1.82) is 0 Å². The van der Waals surface area contributed by atoms with Crippen LogP contribution in [0.15, 0.2) is 0 Å². The average Bonchev–Trinajstić information content (AvgIpc) is 2.71. The molecule has 0 aromatic heterocycles. The van der Waals surface area contributed by atoms with Crippen molar-refractivity contribution in [3.63, 3.8) is 0 Å². The highest BCUT2D eigenvalue weighted by atomic mass is 16.4. The first-order chi connectivity index (χ1) is 7.99. The third kappa shape index (κ3) is 5.06. The fraction of sp³-hybridized carbons (Fsp3) is 0.833. The Morgan fingerprint density at radius 1 is 1.47 bits per heavy atom. The Bertz CT molecular complexity index is 279. The van der Waals surface area contributed by atoms with Gasteiger partial charge < -0.3 is 15.3 Å². The topological polar surface area (TPSA) is 69.6 Å². The number of carbonyl (C=O) groups excluding carboxylic acids is 1. The van der Waals surface area contributed by atoms with E-state index in [1.54, 1.807) is 4.90 Å². The van der Waals surface area contributed by atoms with E-state index in [4.69, 9.17) is 5.11 Å². The first-order valence-electron chi connectivity index (χ1n) is 6.23. The van der Waals surface area contributed by atoms with Crippen LogP contribution in [0, 0.1) is 11.8 Å². The van der Waals surface area contributed by atoms with Crippen molar-refractivity contribution >= 4 is 12.0 Å². The summed E-state index contributed by atoms with van der Waals surface area (Å²) in [5.41, 5.74) is 0. The zero-order valence-electron chi connectivity index (χ0n) is 10.6. The molecule has 2 N–H and O–H groups in total. The second-order valence-corrected chi connectivity index (χ2v) is 5.11. The molecule has 1 heterocycles. The van der Waals surface area contributed by atoms with Crippen LogP contribution in [0.2, 0.25) is 0 Å². The quantitative estimate of drug-likeness (QED) is 0.768. The van der Waals surface area contributed by atoms with Crippen LogP contribution in [0.1, 0.15) is 33.1 Å². The van der Waals surface area contributed by atoms with Gasteiger partial charge in [0.1, 0.15) is 0 Å². The predicted octanol–water partition coefficient (Wildman–Crippen LogP) is 1.54. The van der Waals surface area contributed by atoms with E-state index in [1.165, 1.54) is 0 Å².